The van der Waals surface area contributed by atoms with Gasteiger partial charge in [0.15, 0.2) is 0 Å². The highest BCUT2D eigenvalue weighted by molar-refractivity contribution is 6.20. The number of hydrogen-bond donors (Lipinski definition) is 0. The summed E-state index contributed by atoms with van der Waals surface area (Å²) in [6, 6.07) is 6.48. The Balaban J connectivity index is 1.58. The average molecular weight is 266 g/mol. The second-order valence-electron chi connectivity index (χ2n) is 5.53. The summed E-state index contributed by atoms with van der Waals surface area (Å²) in [6.07, 6.45) is 3.60. The van der Waals surface area contributed by atoms with Crippen LogP contribution in [0.1, 0.15) is 24.0 Å². The van der Waals surface area contributed by atoms with Gasteiger partial charge >= 0.3 is 0 Å². The molecule has 0 radical (unpaired) electrons. The third-order valence-corrected chi connectivity index (χ3v) is 4.37. The van der Waals surface area contributed by atoms with Crippen LogP contribution in [0.5, 0.6) is 5.75 Å². The standard InChI is InChI=1S/C15H20ClNO/c1-11-2-3-15-12(8-11)9-14(18-15)10-17-6-4-13(16)5-7-17/h2-3,8,13-14H,4-7,9-10H2,1H3. The number of likely N-dealkylation sites (tertiary alicyclic amines) is 1. The number of hydrogen-bond acceptors (Lipinski definition) is 2. The molecule has 3 rings (SSSR count). The second kappa shape index (κ2) is 5.10. The number of nitrogens with zero attached hydrogens (tertiary/aromatic N) is 1. The highest BCUT2D eigenvalue weighted by Crippen LogP contribution is 2.30. The highest BCUT2D eigenvalue weighted by Gasteiger charge is 2.26. The summed E-state index contributed by atoms with van der Waals surface area (Å²) >= 11 is 6.13. The first-order chi connectivity index (χ1) is 8.70. The van der Waals surface area contributed by atoms with Crippen molar-refractivity contribution < 1.29 is 4.74 Å². The van der Waals surface area contributed by atoms with E-state index >= 15 is 0 Å². The molecule has 3 heteroatoms. The summed E-state index contributed by atoms with van der Waals surface area (Å²) < 4.78 is 6.02. The largest absolute Gasteiger partial charge is 0.488 e. The van der Waals surface area contributed by atoms with E-state index in [9.17, 15) is 0 Å². The average Bonchev–Trinajstić information content (AvgIpc) is 2.73. The van der Waals surface area contributed by atoms with Crippen LogP contribution < -0.4 is 4.74 Å². The molecular formula is C15H20ClNO. The van der Waals surface area contributed by atoms with Gasteiger partial charge in [0.1, 0.15) is 11.9 Å². The summed E-state index contributed by atoms with van der Waals surface area (Å²) in [5, 5.41) is 0.380. The molecular weight excluding hydrogens is 246 g/mol. The van der Waals surface area contributed by atoms with Gasteiger partial charge in [0.2, 0.25) is 0 Å². The fourth-order valence-electron chi connectivity index (χ4n) is 2.92. The molecule has 1 saturated heterocycles. The van der Waals surface area contributed by atoms with Gasteiger partial charge in [0.05, 0.1) is 0 Å². The molecule has 0 amide bonds. The number of aryl methyl sites for hydroxylation is 1. The lowest BCUT2D eigenvalue weighted by atomic mass is 10.1. The maximum absolute atomic E-state index is 6.13. The number of halogens is 1. The van der Waals surface area contributed by atoms with Crippen molar-refractivity contribution in [2.24, 2.45) is 0 Å². The molecule has 2 heterocycles. The molecule has 98 valence electrons. The Bertz CT molecular complexity index is 427. The van der Waals surface area contributed by atoms with Crippen LogP contribution in [-0.2, 0) is 6.42 Å². The number of piperidine rings is 1. The predicted molar refractivity (Wildman–Crippen MR) is 74.6 cm³/mol. The molecule has 1 aromatic carbocycles. The van der Waals surface area contributed by atoms with Crippen LogP contribution in [0.15, 0.2) is 18.2 Å². The minimum atomic E-state index is 0.327. The quantitative estimate of drug-likeness (QED) is 0.763. The van der Waals surface area contributed by atoms with Gasteiger partial charge in [0.25, 0.3) is 0 Å². The van der Waals surface area contributed by atoms with Crippen molar-refractivity contribution in [1.82, 2.24) is 4.90 Å². The molecule has 0 N–H and O–H groups in total. The Morgan fingerprint density at radius 1 is 1.33 bits per heavy atom. The SMILES string of the molecule is Cc1ccc2c(c1)CC(CN1CCC(Cl)CC1)O2. The summed E-state index contributed by atoms with van der Waals surface area (Å²) in [6.45, 7) is 5.41. The normalized spacial score (nSPS) is 24.9. The van der Waals surface area contributed by atoms with E-state index in [0.29, 0.717) is 11.5 Å². The smallest absolute Gasteiger partial charge is 0.123 e. The Labute approximate surface area is 114 Å². The van der Waals surface area contributed by atoms with Crippen molar-refractivity contribution in [2.75, 3.05) is 19.6 Å². The lowest BCUT2D eigenvalue weighted by Crippen LogP contribution is -2.40. The van der Waals surface area contributed by atoms with E-state index in [1.165, 1.54) is 11.1 Å². The molecule has 18 heavy (non-hydrogen) atoms. The number of fused-ring (bicyclic) bond motifs is 1. The van der Waals surface area contributed by atoms with Crippen LogP contribution in [0.2, 0.25) is 0 Å². The zero-order valence-corrected chi connectivity index (χ0v) is 11.6. The molecule has 1 unspecified atom stereocenters. The molecule has 1 fully saturated rings. The lowest BCUT2D eigenvalue weighted by Gasteiger charge is -2.30. The van der Waals surface area contributed by atoms with E-state index in [-0.39, 0.29) is 0 Å². The van der Waals surface area contributed by atoms with Gasteiger partial charge in [0, 0.05) is 18.3 Å². The van der Waals surface area contributed by atoms with Crippen molar-refractivity contribution in [3.05, 3.63) is 29.3 Å². The fraction of sp³-hybridized carbons (Fsp3) is 0.600. The minimum Gasteiger partial charge on any atom is -0.488 e. The Morgan fingerprint density at radius 3 is 2.89 bits per heavy atom. The van der Waals surface area contributed by atoms with Crippen molar-refractivity contribution in [3.8, 4) is 5.75 Å². The van der Waals surface area contributed by atoms with Gasteiger partial charge in [-0.25, -0.2) is 0 Å². The maximum Gasteiger partial charge on any atom is 0.123 e. The molecule has 1 atom stereocenters. The van der Waals surface area contributed by atoms with Gasteiger partial charge in [-0.05, 0) is 44.5 Å². The van der Waals surface area contributed by atoms with E-state index in [4.69, 9.17) is 16.3 Å². The van der Waals surface area contributed by atoms with Gasteiger partial charge in [-0.15, -0.1) is 11.6 Å². The van der Waals surface area contributed by atoms with Crippen molar-refractivity contribution in [1.29, 1.82) is 0 Å². The Morgan fingerprint density at radius 2 is 2.11 bits per heavy atom. The molecule has 2 aliphatic heterocycles. The summed E-state index contributed by atoms with van der Waals surface area (Å²) in [5.74, 6) is 1.08. The van der Waals surface area contributed by atoms with Gasteiger partial charge in [-0.1, -0.05) is 17.7 Å². The van der Waals surface area contributed by atoms with Crippen LogP contribution >= 0.6 is 11.6 Å². The van der Waals surface area contributed by atoms with Crippen LogP contribution in [0, 0.1) is 6.92 Å². The van der Waals surface area contributed by atoms with Gasteiger partial charge in [-0.2, -0.15) is 0 Å². The maximum atomic E-state index is 6.13. The lowest BCUT2D eigenvalue weighted by molar-refractivity contribution is 0.135. The second-order valence-corrected chi connectivity index (χ2v) is 6.15. The number of benzene rings is 1. The zero-order valence-electron chi connectivity index (χ0n) is 10.9. The van der Waals surface area contributed by atoms with E-state index in [0.717, 1.165) is 44.6 Å². The van der Waals surface area contributed by atoms with Crippen molar-refractivity contribution in [2.45, 2.75) is 37.7 Å². The van der Waals surface area contributed by atoms with Gasteiger partial charge < -0.3 is 4.74 Å². The molecule has 0 aliphatic carbocycles. The zero-order chi connectivity index (χ0) is 12.5. The number of alkyl halides is 1. The first-order valence-electron chi connectivity index (χ1n) is 6.83. The predicted octanol–water partition coefficient (Wildman–Crippen LogP) is 3.00. The first-order valence-corrected chi connectivity index (χ1v) is 7.27. The van der Waals surface area contributed by atoms with Crippen molar-refractivity contribution in [3.63, 3.8) is 0 Å². The van der Waals surface area contributed by atoms with Crippen LogP contribution in [-0.4, -0.2) is 36.0 Å². The molecule has 2 nitrogen and oxygen atoms in total. The Hall–Kier alpha value is -0.730. The van der Waals surface area contributed by atoms with Crippen LogP contribution in [0.4, 0.5) is 0 Å². The van der Waals surface area contributed by atoms with Crippen molar-refractivity contribution >= 4 is 11.6 Å². The monoisotopic (exact) mass is 265 g/mol. The Kier molecular flexibility index (Phi) is 3.49. The van der Waals surface area contributed by atoms with E-state index in [2.05, 4.69) is 30.0 Å². The molecule has 0 saturated carbocycles. The minimum absolute atomic E-state index is 0.327. The third kappa shape index (κ3) is 2.65. The summed E-state index contributed by atoms with van der Waals surface area (Å²) in [4.78, 5) is 2.49. The molecule has 0 aromatic heterocycles. The van der Waals surface area contributed by atoms with Crippen LogP contribution in [0.25, 0.3) is 0 Å². The fourth-order valence-corrected chi connectivity index (χ4v) is 3.12. The molecule has 0 bridgehead atoms. The third-order valence-electron chi connectivity index (χ3n) is 3.94. The van der Waals surface area contributed by atoms with E-state index in [1.807, 2.05) is 0 Å². The summed E-state index contributed by atoms with van der Waals surface area (Å²) in [5.41, 5.74) is 2.69. The highest BCUT2D eigenvalue weighted by atomic mass is 35.5. The van der Waals surface area contributed by atoms with E-state index in [1.54, 1.807) is 0 Å². The molecule has 0 spiro atoms. The molecule has 1 aromatic rings. The van der Waals surface area contributed by atoms with Gasteiger partial charge in [-0.3, -0.25) is 4.90 Å². The number of ether oxygens (including phenoxy) is 1. The molecule has 2 aliphatic rings. The van der Waals surface area contributed by atoms with E-state index < -0.39 is 0 Å². The number of rotatable bonds is 2. The van der Waals surface area contributed by atoms with Crippen LogP contribution in [0.3, 0.4) is 0 Å². The first kappa shape index (κ1) is 12.3. The topological polar surface area (TPSA) is 12.5 Å². The summed E-state index contributed by atoms with van der Waals surface area (Å²) in [7, 11) is 0.